The van der Waals surface area contributed by atoms with Gasteiger partial charge >= 0.3 is 0 Å². The second-order valence-electron chi connectivity index (χ2n) is 6.28. The Balaban J connectivity index is 2.19. The lowest BCUT2D eigenvalue weighted by Crippen LogP contribution is -2.27. The van der Waals surface area contributed by atoms with Crippen LogP contribution in [0.15, 0.2) is 29.2 Å². The second kappa shape index (κ2) is 7.49. The van der Waals surface area contributed by atoms with Crippen LogP contribution in [0.3, 0.4) is 0 Å². The summed E-state index contributed by atoms with van der Waals surface area (Å²) in [6.07, 6.45) is 3.24. The van der Waals surface area contributed by atoms with Crippen molar-refractivity contribution < 1.29 is 8.42 Å². The normalized spacial score (nSPS) is 12.1. The molecule has 24 heavy (non-hydrogen) atoms. The van der Waals surface area contributed by atoms with Crippen molar-refractivity contribution >= 4 is 10.0 Å². The van der Waals surface area contributed by atoms with Crippen LogP contribution in [0.25, 0.3) is 0 Å². The minimum atomic E-state index is -3.50. The molecule has 0 radical (unpaired) electrons. The highest BCUT2D eigenvalue weighted by atomic mass is 32.2. The Morgan fingerprint density at radius 3 is 2.29 bits per heavy atom. The maximum Gasteiger partial charge on any atom is 0.243 e. The van der Waals surface area contributed by atoms with E-state index in [2.05, 4.69) is 12.0 Å². The van der Waals surface area contributed by atoms with E-state index in [1.807, 2.05) is 33.0 Å². The van der Waals surface area contributed by atoms with Gasteiger partial charge in [0.1, 0.15) is 0 Å². The van der Waals surface area contributed by atoms with Crippen molar-refractivity contribution in [2.75, 3.05) is 7.05 Å². The van der Waals surface area contributed by atoms with Gasteiger partial charge in [-0.15, -0.1) is 0 Å². The zero-order valence-corrected chi connectivity index (χ0v) is 16.0. The second-order valence-corrected chi connectivity index (χ2v) is 8.33. The zero-order valence-electron chi connectivity index (χ0n) is 15.2. The Kier molecular flexibility index (Phi) is 5.83. The molecule has 0 aliphatic rings. The fourth-order valence-corrected chi connectivity index (χ4v) is 3.88. The van der Waals surface area contributed by atoms with Crippen LogP contribution in [-0.2, 0) is 30.0 Å². The fraction of sp³-hybridized carbons (Fsp3) is 0.500. The first-order valence-electron chi connectivity index (χ1n) is 8.31. The minimum absolute atomic E-state index is 0.325. The average molecular weight is 350 g/mol. The molecule has 0 amide bonds. The van der Waals surface area contributed by atoms with E-state index in [9.17, 15) is 8.42 Å². The summed E-state index contributed by atoms with van der Waals surface area (Å²) in [5, 5.41) is 4.35. The summed E-state index contributed by atoms with van der Waals surface area (Å²) in [6.45, 7) is 6.34. The number of sulfonamides is 1. The molecule has 0 bridgehead atoms. The van der Waals surface area contributed by atoms with Gasteiger partial charge in [-0.05, 0) is 44.4 Å². The van der Waals surface area contributed by atoms with Crippen molar-refractivity contribution in [2.24, 2.45) is 7.05 Å². The number of hydrogen-bond donors (Lipinski definition) is 0. The van der Waals surface area contributed by atoms with Crippen LogP contribution in [0.2, 0.25) is 0 Å². The Labute approximate surface area is 145 Å². The Morgan fingerprint density at radius 2 is 1.79 bits per heavy atom. The molecule has 0 aliphatic carbocycles. The molecule has 2 rings (SSSR count). The fourth-order valence-electron chi connectivity index (χ4n) is 2.74. The summed E-state index contributed by atoms with van der Waals surface area (Å²) in [4.78, 5) is 0.337. The molecule has 0 atom stereocenters. The molecule has 0 saturated carbocycles. The molecular weight excluding hydrogens is 322 g/mol. The lowest BCUT2D eigenvalue weighted by atomic mass is 10.1. The molecule has 1 aromatic carbocycles. The van der Waals surface area contributed by atoms with Gasteiger partial charge in [-0.2, -0.15) is 9.40 Å². The lowest BCUT2D eigenvalue weighted by Gasteiger charge is -2.18. The van der Waals surface area contributed by atoms with E-state index >= 15 is 0 Å². The van der Waals surface area contributed by atoms with Crippen molar-refractivity contribution in [3.63, 3.8) is 0 Å². The van der Waals surface area contributed by atoms with Crippen molar-refractivity contribution in [1.29, 1.82) is 0 Å². The third-order valence-electron chi connectivity index (χ3n) is 4.49. The smallest absolute Gasteiger partial charge is 0.243 e. The molecule has 132 valence electrons. The van der Waals surface area contributed by atoms with E-state index in [4.69, 9.17) is 0 Å². The van der Waals surface area contributed by atoms with Gasteiger partial charge in [0, 0.05) is 31.9 Å². The Bertz CT molecular complexity index is 792. The summed E-state index contributed by atoms with van der Waals surface area (Å²) in [7, 11) is -0.0147. The van der Waals surface area contributed by atoms with E-state index in [0.29, 0.717) is 11.4 Å². The minimum Gasteiger partial charge on any atom is -0.272 e. The van der Waals surface area contributed by atoms with E-state index in [-0.39, 0.29) is 0 Å². The maximum absolute atomic E-state index is 12.8. The molecule has 0 saturated heterocycles. The quantitative estimate of drug-likeness (QED) is 0.771. The van der Waals surface area contributed by atoms with Crippen LogP contribution in [0.4, 0.5) is 0 Å². The molecule has 2 aromatic rings. The molecule has 0 spiro atoms. The molecule has 1 heterocycles. The number of aromatic nitrogens is 2. The number of rotatable bonds is 7. The summed E-state index contributed by atoms with van der Waals surface area (Å²) < 4.78 is 28.8. The average Bonchev–Trinajstić information content (AvgIpc) is 2.79. The molecular formula is C18H27N3O2S. The SMILES string of the molecule is CCCCc1ccc(S(=O)(=O)N(C)Cc2c(C)nn(C)c2C)cc1. The van der Waals surface area contributed by atoms with E-state index in [1.165, 1.54) is 9.87 Å². The Hall–Kier alpha value is -1.66. The predicted octanol–water partition coefficient (Wildman–Crippen LogP) is 3.20. The van der Waals surface area contributed by atoms with Gasteiger partial charge in [0.2, 0.25) is 10.0 Å². The highest BCUT2D eigenvalue weighted by Crippen LogP contribution is 2.21. The first-order valence-corrected chi connectivity index (χ1v) is 9.75. The number of aryl methyl sites for hydroxylation is 3. The van der Waals surface area contributed by atoms with Crippen molar-refractivity contribution in [3.8, 4) is 0 Å². The van der Waals surface area contributed by atoms with Crippen LogP contribution in [0, 0.1) is 13.8 Å². The molecule has 5 nitrogen and oxygen atoms in total. The zero-order chi connectivity index (χ0) is 17.9. The number of benzene rings is 1. The van der Waals surface area contributed by atoms with E-state index < -0.39 is 10.0 Å². The number of unbranched alkanes of at least 4 members (excludes halogenated alkanes) is 1. The van der Waals surface area contributed by atoms with Gasteiger partial charge in [-0.3, -0.25) is 4.68 Å². The molecule has 0 N–H and O–H groups in total. The lowest BCUT2D eigenvalue weighted by molar-refractivity contribution is 0.465. The van der Waals surface area contributed by atoms with Gasteiger partial charge in [0.15, 0.2) is 0 Å². The van der Waals surface area contributed by atoms with Gasteiger partial charge in [-0.25, -0.2) is 8.42 Å². The number of hydrogen-bond acceptors (Lipinski definition) is 3. The standard InChI is InChI=1S/C18H27N3O2S/c1-6-7-8-16-9-11-17(12-10-16)24(22,23)20(4)13-18-14(2)19-21(5)15(18)3/h9-12H,6-8,13H2,1-5H3. The molecule has 0 unspecified atom stereocenters. The summed E-state index contributed by atoms with van der Waals surface area (Å²) in [5.41, 5.74) is 4.00. The monoisotopic (exact) mass is 349 g/mol. The van der Waals surface area contributed by atoms with Gasteiger partial charge < -0.3 is 0 Å². The molecule has 6 heteroatoms. The topological polar surface area (TPSA) is 55.2 Å². The van der Waals surface area contributed by atoms with Crippen LogP contribution < -0.4 is 0 Å². The van der Waals surface area contributed by atoms with Gasteiger partial charge in [0.25, 0.3) is 0 Å². The van der Waals surface area contributed by atoms with Crippen molar-refractivity contribution in [3.05, 3.63) is 46.8 Å². The first kappa shape index (κ1) is 18.7. The number of nitrogens with zero attached hydrogens (tertiary/aromatic N) is 3. The third kappa shape index (κ3) is 3.87. The highest BCUT2D eigenvalue weighted by molar-refractivity contribution is 7.89. The largest absolute Gasteiger partial charge is 0.272 e. The summed E-state index contributed by atoms with van der Waals surface area (Å²) >= 11 is 0. The third-order valence-corrected chi connectivity index (χ3v) is 6.31. The summed E-state index contributed by atoms with van der Waals surface area (Å²) in [5.74, 6) is 0. The molecule has 0 fully saturated rings. The van der Waals surface area contributed by atoms with Gasteiger partial charge in [-0.1, -0.05) is 25.5 Å². The molecule has 1 aromatic heterocycles. The van der Waals surface area contributed by atoms with Gasteiger partial charge in [0.05, 0.1) is 10.6 Å². The Morgan fingerprint density at radius 1 is 1.17 bits per heavy atom. The van der Waals surface area contributed by atoms with Crippen LogP contribution in [0.5, 0.6) is 0 Å². The van der Waals surface area contributed by atoms with Crippen molar-refractivity contribution in [1.82, 2.24) is 14.1 Å². The summed E-state index contributed by atoms with van der Waals surface area (Å²) in [6, 6.07) is 7.24. The maximum atomic E-state index is 12.8. The first-order chi connectivity index (χ1) is 11.3. The van der Waals surface area contributed by atoms with E-state index in [0.717, 1.165) is 36.2 Å². The predicted molar refractivity (Wildman–Crippen MR) is 96.4 cm³/mol. The van der Waals surface area contributed by atoms with E-state index in [1.54, 1.807) is 23.9 Å². The molecule has 0 aliphatic heterocycles. The highest BCUT2D eigenvalue weighted by Gasteiger charge is 2.23. The van der Waals surface area contributed by atoms with Crippen LogP contribution in [0.1, 0.15) is 42.3 Å². The van der Waals surface area contributed by atoms with Crippen LogP contribution in [-0.4, -0.2) is 29.6 Å². The van der Waals surface area contributed by atoms with Crippen LogP contribution >= 0.6 is 0 Å². The van der Waals surface area contributed by atoms with Crippen molar-refractivity contribution in [2.45, 2.75) is 51.5 Å².